The Bertz CT molecular complexity index is 1160. The Balaban J connectivity index is 1.62. The van der Waals surface area contributed by atoms with Gasteiger partial charge < -0.3 is 0 Å². The summed E-state index contributed by atoms with van der Waals surface area (Å²) in [6.45, 7) is 9.33. The van der Waals surface area contributed by atoms with Crippen molar-refractivity contribution in [2.24, 2.45) is 0 Å². The molecule has 0 spiro atoms. The first kappa shape index (κ1) is 24.0. The molecule has 1 N–H and O–H groups in total. The molecule has 1 aliphatic heterocycles. The van der Waals surface area contributed by atoms with E-state index in [9.17, 15) is 9.59 Å². The average molecular weight is 528 g/mol. The van der Waals surface area contributed by atoms with E-state index >= 15 is 0 Å². The Morgan fingerprint density at radius 3 is 2.12 bits per heavy atom. The molecule has 1 saturated heterocycles. The van der Waals surface area contributed by atoms with Crippen molar-refractivity contribution in [3.63, 3.8) is 0 Å². The van der Waals surface area contributed by atoms with Crippen LogP contribution in [0.5, 0.6) is 0 Å². The first-order valence-corrected chi connectivity index (χ1v) is 15.3. The van der Waals surface area contributed by atoms with Gasteiger partial charge in [0.15, 0.2) is 0 Å². The number of hydrogen-bond acceptors (Lipinski definition) is 3. The number of nitrogens with zero attached hydrogens (tertiary/aromatic N) is 1. The van der Waals surface area contributed by atoms with E-state index in [2.05, 4.69) is 86.4 Å². The number of aromatic amines is 1. The maximum absolute atomic E-state index is 12.4. The molecule has 0 saturated carbocycles. The van der Waals surface area contributed by atoms with Crippen LogP contribution in [-0.4, -0.2) is 39.4 Å². The average Bonchev–Trinajstić information content (AvgIpc) is 3.26. The standard InChI is InChI=1S/C26H32N2O3SeSi/c1-19-17-28(25(30)27-24(19)29)23-16-15-20(32-23)18-31-33(26(2,3)4,21-11-7-5-8-12-21)22-13-9-6-10-14-22/h5-14,17,20,23H,15-16,18H2,1-4H3,(H,27,29,30)/t20-,23+/m1/s1. The van der Waals surface area contributed by atoms with Gasteiger partial charge in [-0.2, -0.15) is 0 Å². The van der Waals surface area contributed by atoms with Gasteiger partial charge in [-0.25, -0.2) is 0 Å². The van der Waals surface area contributed by atoms with E-state index in [0.29, 0.717) is 17.0 Å². The molecule has 33 heavy (non-hydrogen) atoms. The van der Waals surface area contributed by atoms with E-state index in [1.54, 1.807) is 17.7 Å². The van der Waals surface area contributed by atoms with Crippen LogP contribution < -0.4 is 21.6 Å². The zero-order chi connectivity index (χ0) is 23.6. The summed E-state index contributed by atoms with van der Waals surface area (Å²) in [6, 6.07) is 21.4. The van der Waals surface area contributed by atoms with Gasteiger partial charge in [-0.1, -0.05) is 0 Å². The molecule has 2 heterocycles. The zero-order valence-electron chi connectivity index (χ0n) is 19.7. The number of aromatic nitrogens is 2. The van der Waals surface area contributed by atoms with Crippen molar-refractivity contribution in [2.75, 3.05) is 6.61 Å². The molecule has 2 aromatic carbocycles. The van der Waals surface area contributed by atoms with Crippen LogP contribution in [0.25, 0.3) is 0 Å². The van der Waals surface area contributed by atoms with Crippen LogP contribution in [0.4, 0.5) is 0 Å². The monoisotopic (exact) mass is 528 g/mol. The fraction of sp³-hybridized carbons (Fsp3) is 0.385. The van der Waals surface area contributed by atoms with Crippen molar-refractivity contribution in [3.05, 3.63) is 93.3 Å². The van der Waals surface area contributed by atoms with E-state index in [1.165, 1.54) is 10.4 Å². The summed E-state index contributed by atoms with van der Waals surface area (Å²) in [6.07, 6.45) is 3.70. The third-order valence-corrected chi connectivity index (χ3v) is 14.7. The molecule has 1 fully saturated rings. The molecule has 5 nitrogen and oxygen atoms in total. The van der Waals surface area contributed by atoms with Gasteiger partial charge in [-0.05, 0) is 0 Å². The summed E-state index contributed by atoms with van der Waals surface area (Å²) in [5, 5.41) is 2.53. The second-order valence-corrected chi connectivity index (χ2v) is 17.2. The molecular weight excluding hydrogens is 495 g/mol. The van der Waals surface area contributed by atoms with Gasteiger partial charge in [-0.3, -0.25) is 0 Å². The van der Waals surface area contributed by atoms with E-state index in [0.717, 1.165) is 12.8 Å². The summed E-state index contributed by atoms with van der Waals surface area (Å²) in [5.41, 5.74) is -0.0169. The quantitative estimate of drug-likeness (QED) is 0.501. The molecule has 0 aliphatic carbocycles. The molecule has 1 aliphatic rings. The van der Waals surface area contributed by atoms with E-state index in [-0.39, 0.29) is 36.2 Å². The Hall–Kier alpha value is -2.18. The first-order valence-electron chi connectivity index (χ1n) is 11.4. The van der Waals surface area contributed by atoms with E-state index in [4.69, 9.17) is 4.43 Å². The van der Waals surface area contributed by atoms with Crippen LogP contribution in [0.15, 0.2) is 76.4 Å². The molecule has 0 unspecified atom stereocenters. The fourth-order valence-corrected chi connectivity index (χ4v) is 12.7. The first-order chi connectivity index (χ1) is 15.7. The molecule has 1 aromatic heterocycles. The van der Waals surface area contributed by atoms with Crippen molar-refractivity contribution in [1.29, 1.82) is 0 Å². The fourth-order valence-electron chi connectivity index (χ4n) is 4.79. The molecule has 2 atom stereocenters. The van der Waals surface area contributed by atoms with E-state index in [1.807, 2.05) is 0 Å². The summed E-state index contributed by atoms with van der Waals surface area (Å²) in [4.78, 5) is 27.2. The van der Waals surface area contributed by atoms with Crippen LogP contribution in [0, 0.1) is 6.92 Å². The molecular formula is C26H32N2O3SeSi. The Morgan fingerprint density at radius 1 is 1.00 bits per heavy atom. The predicted molar refractivity (Wildman–Crippen MR) is 137 cm³/mol. The normalized spacial score (nSPS) is 19.0. The minimum absolute atomic E-state index is 0.0479. The number of aryl methyl sites for hydroxylation is 1. The van der Waals surface area contributed by atoms with Crippen LogP contribution in [0.3, 0.4) is 0 Å². The number of benzene rings is 2. The third kappa shape index (κ3) is 4.73. The van der Waals surface area contributed by atoms with Gasteiger partial charge in [0.2, 0.25) is 0 Å². The Labute approximate surface area is 202 Å². The van der Waals surface area contributed by atoms with Crippen molar-refractivity contribution >= 4 is 33.6 Å². The van der Waals surface area contributed by atoms with Gasteiger partial charge >= 0.3 is 203 Å². The Morgan fingerprint density at radius 2 is 1.58 bits per heavy atom. The summed E-state index contributed by atoms with van der Waals surface area (Å²) < 4.78 is 8.85. The van der Waals surface area contributed by atoms with Crippen LogP contribution in [0.2, 0.25) is 9.85 Å². The second-order valence-electron chi connectivity index (χ2n) is 9.74. The third-order valence-electron chi connectivity index (χ3n) is 6.44. The molecule has 4 rings (SSSR count). The molecule has 174 valence electrons. The molecule has 0 amide bonds. The SMILES string of the molecule is Cc1cn([C@@H]2CC[C@H](CO[Si](c3ccccc3)(c3ccccc3)C(C)(C)C)[Se]2)c(=O)[nH]c1=O. The van der Waals surface area contributed by atoms with Crippen LogP contribution >= 0.6 is 0 Å². The maximum atomic E-state index is 12.4. The summed E-state index contributed by atoms with van der Waals surface area (Å²) >= 11 is 0.208. The number of rotatable bonds is 6. The van der Waals surface area contributed by atoms with Gasteiger partial charge in [-0.15, -0.1) is 0 Å². The zero-order valence-corrected chi connectivity index (χ0v) is 22.4. The molecule has 0 bridgehead atoms. The number of H-pyrrole nitrogens is 1. The van der Waals surface area contributed by atoms with Gasteiger partial charge in [0, 0.05) is 0 Å². The molecule has 0 radical (unpaired) electrons. The van der Waals surface area contributed by atoms with Gasteiger partial charge in [0.05, 0.1) is 0 Å². The van der Waals surface area contributed by atoms with E-state index < -0.39 is 8.32 Å². The van der Waals surface area contributed by atoms with Crippen molar-refractivity contribution in [3.8, 4) is 0 Å². The van der Waals surface area contributed by atoms with Crippen molar-refractivity contribution < 1.29 is 4.43 Å². The molecule has 3 aromatic rings. The topological polar surface area (TPSA) is 64.1 Å². The van der Waals surface area contributed by atoms with Gasteiger partial charge in [0.25, 0.3) is 0 Å². The van der Waals surface area contributed by atoms with Crippen LogP contribution in [-0.2, 0) is 4.43 Å². The van der Waals surface area contributed by atoms with Crippen LogP contribution in [0.1, 0.15) is 44.1 Å². The predicted octanol–water partition coefficient (Wildman–Crippen LogP) is 3.21. The number of hydrogen-bond donors (Lipinski definition) is 1. The number of nitrogens with one attached hydrogen (secondary N) is 1. The van der Waals surface area contributed by atoms with Gasteiger partial charge in [0.1, 0.15) is 0 Å². The minimum atomic E-state index is -2.55. The second kappa shape index (κ2) is 9.59. The van der Waals surface area contributed by atoms with Crippen molar-refractivity contribution in [1.82, 2.24) is 9.55 Å². The van der Waals surface area contributed by atoms with Crippen molar-refractivity contribution in [2.45, 2.75) is 55.3 Å². The Kier molecular flexibility index (Phi) is 6.96. The summed E-state index contributed by atoms with van der Waals surface area (Å²) in [7, 11) is -2.55. The molecule has 7 heteroatoms. The summed E-state index contributed by atoms with van der Waals surface area (Å²) in [5.74, 6) is 0.